The molecule has 3 atom stereocenters. The summed E-state index contributed by atoms with van der Waals surface area (Å²) in [7, 11) is 1.58. The van der Waals surface area contributed by atoms with Crippen LogP contribution < -0.4 is 5.32 Å². The Bertz CT molecular complexity index is 412. The standard InChI is InChI=1S/C13H20N2O5/c1-14-11(16)8-3-2-6-15(7-8)12(17)9-4-5-10(20-9)13(18)19/h8-10H,2-7H2,1H3,(H,14,16)(H,18,19)/t8?,9-,10+/m0/s1. The minimum absolute atomic E-state index is 0.0572. The Hall–Kier alpha value is -1.63. The van der Waals surface area contributed by atoms with E-state index in [0.29, 0.717) is 25.9 Å². The largest absolute Gasteiger partial charge is 0.479 e. The van der Waals surface area contributed by atoms with Crippen molar-refractivity contribution in [1.82, 2.24) is 10.2 Å². The summed E-state index contributed by atoms with van der Waals surface area (Å²) in [4.78, 5) is 36.4. The van der Waals surface area contributed by atoms with Gasteiger partial charge in [0.15, 0.2) is 6.10 Å². The molecule has 7 heteroatoms. The van der Waals surface area contributed by atoms with Crippen molar-refractivity contribution >= 4 is 17.8 Å². The van der Waals surface area contributed by atoms with Crippen LogP contribution in [0.15, 0.2) is 0 Å². The molecule has 2 rings (SSSR count). The monoisotopic (exact) mass is 284 g/mol. The van der Waals surface area contributed by atoms with Gasteiger partial charge in [-0.1, -0.05) is 0 Å². The van der Waals surface area contributed by atoms with E-state index in [2.05, 4.69) is 5.32 Å². The molecule has 0 aliphatic carbocycles. The first kappa shape index (κ1) is 14.8. The molecule has 20 heavy (non-hydrogen) atoms. The van der Waals surface area contributed by atoms with Crippen LogP contribution in [-0.2, 0) is 19.1 Å². The van der Waals surface area contributed by atoms with Gasteiger partial charge >= 0.3 is 5.97 Å². The molecule has 1 unspecified atom stereocenters. The first-order valence-corrected chi connectivity index (χ1v) is 6.91. The number of carboxylic acid groups (broad SMARTS) is 1. The average Bonchev–Trinajstić information content (AvgIpc) is 2.95. The molecule has 2 saturated heterocycles. The zero-order chi connectivity index (χ0) is 14.7. The summed E-state index contributed by atoms with van der Waals surface area (Å²) in [5.41, 5.74) is 0. The molecule has 0 aromatic heterocycles. The van der Waals surface area contributed by atoms with Crippen LogP contribution in [-0.4, -0.2) is 60.1 Å². The number of carbonyl (C=O) groups excluding carboxylic acids is 2. The van der Waals surface area contributed by atoms with Crippen LogP contribution in [0.4, 0.5) is 0 Å². The lowest BCUT2D eigenvalue weighted by atomic mass is 9.96. The summed E-state index contributed by atoms with van der Waals surface area (Å²) in [6.07, 6.45) is 0.768. The Labute approximate surface area is 117 Å². The third-order valence-electron chi connectivity index (χ3n) is 3.92. The molecule has 0 spiro atoms. The van der Waals surface area contributed by atoms with Crippen molar-refractivity contribution in [1.29, 1.82) is 0 Å². The molecule has 2 fully saturated rings. The summed E-state index contributed by atoms with van der Waals surface area (Å²) >= 11 is 0. The lowest BCUT2D eigenvalue weighted by Gasteiger charge is -2.33. The maximum absolute atomic E-state index is 12.3. The van der Waals surface area contributed by atoms with Crippen LogP contribution in [0.2, 0.25) is 0 Å². The molecule has 2 amide bonds. The lowest BCUT2D eigenvalue weighted by Crippen LogP contribution is -2.48. The van der Waals surface area contributed by atoms with Crippen molar-refractivity contribution in [3.63, 3.8) is 0 Å². The fourth-order valence-corrected chi connectivity index (χ4v) is 2.80. The molecular weight excluding hydrogens is 264 g/mol. The predicted molar refractivity (Wildman–Crippen MR) is 68.9 cm³/mol. The maximum atomic E-state index is 12.3. The van der Waals surface area contributed by atoms with Gasteiger partial charge in [-0.05, 0) is 25.7 Å². The zero-order valence-electron chi connectivity index (χ0n) is 11.5. The molecule has 2 aliphatic rings. The first-order chi connectivity index (χ1) is 9.52. The van der Waals surface area contributed by atoms with E-state index in [4.69, 9.17) is 9.84 Å². The van der Waals surface area contributed by atoms with E-state index in [1.807, 2.05) is 0 Å². The fourth-order valence-electron chi connectivity index (χ4n) is 2.80. The maximum Gasteiger partial charge on any atom is 0.332 e. The topological polar surface area (TPSA) is 95.9 Å². The molecule has 2 aliphatic heterocycles. The summed E-state index contributed by atoms with van der Waals surface area (Å²) in [6.45, 7) is 0.986. The Morgan fingerprint density at radius 2 is 1.90 bits per heavy atom. The lowest BCUT2D eigenvalue weighted by molar-refractivity contribution is -0.155. The number of amides is 2. The number of nitrogens with one attached hydrogen (secondary N) is 1. The Morgan fingerprint density at radius 1 is 1.20 bits per heavy atom. The summed E-state index contributed by atoms with van der Waals surface area (Å²) < 4.78 is 5.27. The second-order valence-corrected chi connectivity index (χ2v) is 5.27. The number of hydrogen-bond donors (Lipinski definition) is 2. The van der Waals surface area contributed by atoms with E-state index in [-0.39, 0.29) is 17.7 Å². The van der Waals surface area contributed by atoms with Gasteiger partial charge in [-0.2, -0.15) is 0 Å². The number of nitrogens with zero attached hydrogens (tertiary/aromatic N) is 1. The second kappa shape index (κ2) is 6.21. The molecule has 0 aromatic rings. The second-order valence-electron chi connectivity index (χ2n) is 5.27. The van der Waals surface area contributed by atoms with Crippen molar-refractivity contribution < 1.29 is 24.2 Å². The van der Waals surface area contributed by atoms with E-state index in [9.17, 15) is 14.4 Å². The quantitative estimate of drug-likeness (QED) is 0.735. The third-order valence-corrected chi connectivity index (χ3v) is 3.92. The van der Waals surface area contributed by atoms with Crippen LogP contribution in [0, 0.1) is 5.92 Å². The summed E-state index contributed by atoms with van der Waals surface area (Å²) in [5, 5.41) is 11.5. The molecule has 0 saturated carbocycles. The Morgan fingerprint density at radius 3 is 2.50 bits per heavy atom. The molecule has 0 aromatic carbocycles. The number of likely N-dealkylation sites (tertiary alicyclic amines) is 1. The summed E-state index contributed by atoms with van der Waals surface area (Å²) in [5.74, 6) is -1.46. The molecule has 0 bridgehead atoms. The number of ether oxygens (including phenoxy) is 1. The van der Waals surface area contributed by atoms with Crippen LogP contribution in [0.3, 0.4) is 0 Å². The first-order valence-electron chi connectivity index (χ1n) is 6.91. The van der Waals surface area contributed by atoms with Gasteiger partial charge in [-0.3, -0.25) is 9.59 Å². The Kier molecular flexibility index (Phi) is 4.59. The van der Waals surface area contributed by atoms with E-state index in [1.54, 1.807) is 11.9 Å². The summed E-state index contributed by atoms with van der Waals surface area (Å²) in [6, 6.07) is 0. The van der Waals surface area contributed by atoms with Crippen LogP contribution >= 0.6 is 0 Å². The van der Waals surface area contributed by atoms with Gasteiger partial charge in [-0.15, -0.1) is 0 Å². The highest BCUT2D eigenvalue weighted by atomic mass is 16.5. The van der Waals surface area contributed by atoms with Crippen molar-refractivity contribution in [2.75, 3.05) is 20.1 Å². The highest BCUT2D eigenvalue weighted by Crippen LogP contribution is 2.24. The van der Waals surface area contributed by atoms with Gasteiger partial charge < -0.3 is 20.1 Å². The van der Waals surface area contributed by atoms with Crippen LogP contribution in [0.5, 0.6) is 0 Å². The van der Waals surface area contributed by atoms with E-state index in [0.717, 1.165) is 12.8 Å². The Balaban J connectivity index is 1.92. The predicted octanol–water partition coefficient (Wildman–Crippen LogP) is -0.397. The van der Waals surface area contributed by atoms with Crippen LogP contribution in [0.1, 0.15) is 25.7 Å². The molecule has 2 N–H and O–H groups in total. The molecule has 0 radical (unpaired) electrons. The smallest absolute Gasteiger partial charge is 0.332 e. The van der Waals surface area contributed by atoms with Gasteiger partial charge in [0.05, 0.1) is 5.92 Å². The fraction of sp³-hybridized carbons (Fsp3) is 0.769. The van der Waals surface area contributed by atoms with Gasteiger partial charge in [0.2, 0.25) is 5.91 Å². The van der Waals surface area contributed by atoms with Crippen molar-refractivity contribution in [2.24, 2.45) is 5.92 Å². The highest BCUT2D eigenvalue weighted by Gasteiger charge is 2.38. The van der Waals surface area contributed by atoms with Crippen molar-refractivity contribution in [2.45, 2.75) is 37.9 Å². The van der Waals surface area contributed by atoms with E-state index in [1.165, 1.54) is 0 Å². The van der Waals surface area contributed by atoms with Crippen molar-refractivity contribution in [3.8, 4) is 0 Å². The van der Waals surface area contributed by atoms with Gasteiger partial charge in [0.1, 0.15) is 6.10 Å². The number of aliphatic carboxylic acids is 1. The third kappa shape index (κ3) is 3.09. The van der Waals surface area contributed by atoms with Gasteiger partial charge in [0, 0.05) is 20.1 Å². The zero-order valence-corrected chi connectivity index (χ0v) is 11.5. The van der Waals surface area contributed by atoms with E-state index < -0.39 is 18.2 Å². The van der Waals surface area contributed by atoms with Crippen molar-refractivity contribution in [3.05, 3.63) is 0 Å². The molecular formula is C13H20N2O5. The molecule has 7 nitrogen and oxygen atoms in total. The van der Waals surface area contributed by atoms with Gasteiger partial charge in [-0.25, -0.2) is 4.79 Å². The molecule has 2 heterocycles. The number of rotatable bonds is 3. The minimum Gasteiger partial charge on any atom is -0.479 e. The minimum atomic E-state index is -1.03. The number of piperidine rings is 1. The average molecular weight is 284 g/mol. The number of carboxylic acids is 1. The van der Waals surface area contributed by atoms with Gasteiger partial charge in [0.25, 0.3) is 5.91 Å². The number of hydrogen-bond acceptors (Lipinski definition) is 4. The normalized spacial score (nSPS) is 30.1. The molecule has 112 valence electrons. The highest BCUT2D eigenvalue weighted by molar-refractivity contribution is 5.84. The SMILES string of the molecule is CNC(=O)C1CCCN(C(=O)[C@@H]2CC[C@H](C(=O)O)O2)C1. The van der Waals surface area contributed by atoms with E-state index >= 15 is 0 Å². The number of carbonyl (C=O) groups is 3. The van der Waals surface area contributed by atoms with Crippen LogP contribution in [0.25, 0.3) is 0 Å².